The molecule has 0 radical (unpaired) electrons. The number of rotatable bonds is 6. The highest BCUT2D eigenvalue weighted by atomic mass is 16.6. The van der Waals surface area contributed by atoms with E-state index in [1.165, 1.54) is 16.5 Å². The summed E-state index contributed by atoms with van der Waals surface area (Å²) in [6, 6.07) is 27.4. The molecule has 0 N–H and O–H groups in total. The van der Waals surface area contributed by atoms with Crippen LogP contribution in [0.1, 0.15) is 23.6 Å². The van der Waals surface area contributed by atoms with Gasteiger partial charge in [0.1, 0.15) is 0 Å². The van der Waals surface area contributed by atoms with Crippen LogP contribution in [0.2, 0.25) is 0 Å². The molecule has 0 fully saturated rings. The first kappa shape index (κ1) is 23.4. The van der Waals surface area contributed by atoms with Gasteiger partial charge >= 0.3 is 0 Å². The molecule has 5 nitrogen and oxygen atoms in total. The summed E-state index contributed by atoms with van der Waals surface area (Å²) in [5.74, 6) is 1.53. The van der Waals surface area contributed by atoms with Crippen LogP contribution < -0.4 is 9.64 Å². The Morgan fingerprint density at radius 3 is 2.44 bits per heavy atom. The minimum Gasteiger partial charge on any atom is -0.439 e. The Hall–Kier alpha value is -4.38. The van der Waals surface area contributed by atoms with Crippen molar-refractivity contribution in [3.05, 3.63) is 136 Å². The van der Waals surface area contributed by atoms with E-state index < -0.39 is 5.41 Å². The smallest absolute Gasteiger partial charge is 0.269 e. The van der Waals surface area contributed by atoms with Crippen molar-refractivity contribution < 1.29 is 9.66 Å². The molecular weight excluding hydrogens is 448 g/mol. The zero-order valence-corrected chi connectivity index (χ0v) is 20.7. The van der Waals surface area contributed by atoms with Crippen LogP contribution in [0.15, 0.2) is 109 Å². The Morgan fingerprint density at radius 2 is 1.72 bits per heavy atom. The van der Waals surface area contributed by atoms with Gasteiger partial charge in [0.05, 0.1) is 10.6 Å². The Kier molecular flexibility index (Phi) is 5.84. The molecule has 1 atom stereocenters. The van der Waals surface area contributed by atoms with Gasteiger partial charge in [-0.05, 0) is 58.5 Å². The van der Waals surface area contributed by atoms with Gasteiger partial charge in [-0.1, -0.05) is 74.2 Å². The van der Waals surface area contributed by atoms with Crippen molar-refractivity contribution in [2.75, 3.05) is 11.9 Å². The highest BCUT2D eigenvalue weighted by molar-refractivity contribution is 5.88. The van der Waals surface area contributed by atoms with Crippen LogP contribution >= 0.6 is 0 Å². The average molecular weight is 477 g/mol. The molecule has 0 saturated heterocycles. The van der Waals surface area contributed by atoms with E-state index in [1.54, 1.807) is 12.1 Å². The van der Waals surface area contributed by atoms with Crippen molar-refractivity contribution >= 4 is 22.1 Å². The summed E-state index contributed by atoms with van der Waals surface area (Å²) in [6.45, 7) is 8.89. The highest BCUT2D eigenvalue weighted by Gasteiger charge is 2.34. The van der Waals surface area contributed by atoms with Gasteiger partial charge < -0.3 is 9.64 Å². The van der Waals surface area contributed by atoms with E-state index in [4.69, 9.17) is 4.74 Å². The molecular formula is C31H28N2O3. The summed E-state index contributed by atoms with van der Waals surface area (Å²) in [6.07, 6.45) is 2.64. The van der Waals surface area contributed by atoms with Gasteiger partial charge in [0, 0.05) is 30.7 Å². The molecule has 36 heavy (non-hydrogen) atoms. The first-order valence-corrected chi connectivity index (χ1v) is 11.9. The van der Waals surface area contributed by atoms with Crippen molar-refractivity contribution in [3.63, 3.8) is 0 Å². The molecule has 0 spiro atoms. The van der Waals surface area contributed by atoms with Gasteiger partial charge in [0.2, 0.25) is 5.88 Å². The van der Waals surface area contributed by atoms with Crippen molar-refractivity contribution in [2.24, 2.45) is 0 Å². The van der Waals surface area contributed by atoms with Gasteiger partial charge in [0.25, 0.3) is 5.69 Å². The fourth-order valence-electron chi connectivity index (χ4n) is 5.17. The summed E-state index contributed by atoms with van der Waals surface area (Å²) in [5, 5.41) is 13.5. The number of fused-ring (bicyclic) bond motifs is 2. The maximum absolute atomic E-state index is 11.2. The van der Waals surface area contributed by atoms with E-state index in [2.05, 4.69) is 50.8 Å². The lowest BCUT2D eigenvalue weighted by Crippen LogP contribution is -2.29. The lowest BCUT2D eigenvalue weighted by Gasteiger charge is -2.34. The Balaban J connectivity index is 1.63. The number of nitro groups is 1. The second-order valence-electron chi connectivity index (χ2n) is 9.55. The van der Waals surface area contributed by atoms with Crippen molar-refractivity contribution in [3.8, 4) is 5.75 Å². The Morgan fingerprint density at radius 1 is 1.03 bits per heavy atom. The summed E-state index contributed by atoms with van der Waals surface area (Å²) < 4.78 is 6.18. The number of non-ortho nitro benzene ring substituents is 1. The molecule has 0 aliphatic carbocycles. The fourth-order valence-corrected chi connectivity index (χ4v) is 5.17. The van der Waals surface area contributed by atoms with Crippen molar-refractivity contribution in [2.45, 2.75) is 25.7 Å². The number of hydrogen-bond donors (Lipinski definition) is 0. The predicted octanol–water partition coefficient (Wildman–Crippen LogP) is 7.48. The first-order valence-electron chi connectivity index (χ1n) is 11.9. The topological polar surface area (TPSA) is 55.6 Å². The van der Waals surface area contributed by atoms with E-state index in [-0.39, 0.29) is 10.6 Å². The van der Waals surface area contributed by atoms with E-state index in [0.717, 1.165) is 28.0 Å². The molecule has 1 heterocycles. The molecule has 5 heteroatoms. The van der Waals surface area contributed by atoms with E-state index in [1.807, 2.05) is 60.5 Å². The molecule has 4 aromatic rings. The molecule has 0 bridgehead atoms. The fraction of sp³-hybridized carbons (Fsp3) is 0.161. The van der Waals surface area contributed by atoms with Crippen LogP contribution in [-0.2, 0) is 11.8 Å². The third kappa shape index (κ3) is 4.03. The maximum Gasteiger partial charge on any atom is 0.269 e. The SMILES string of the molecule is C=C(/C=C1\Oc2ccccc2N1C)C(C)(Cc1ccc([N+](=O)[O-])cc1)c1c(C)ccc2ccccc12. The van der Waals surface area contributed by atoms with E-state index >= 15 is 0 Å². The molecule has 1 aliphatic rings. The molecule has 1 unspecified atom stereocenters. The monoisotopic (exact) mass is 476 g/mol. The van der Waals surface area contributed by atoms with Gasteiger partial charge in [-0.2, -0.15) is 0 Å². The molecule has 180 valence electrons. The number of para-hydroxylation sites is 2. The van der Waals surface area contributed by atoms with Crippen LogP contribution in [0.3, 0.4) is 0 Å². The molecule has 5 rings (SSSR count). The summed E-state index contributed by atoms with van der Waals surface area (Å²) in [4.78, 5) is 12.9. The van der Waals surface area contributed by atoms with Gasteiger partial charge in [0.15, 0.2) is 5.75 Å². The summed E-state index contributed by atoms with van der Waals surface area (Å²) in [7, 11) is 1.99. The predicted molar refractivity (Wildman–Crippen MR) is 146 cm³/mol. The minimum absolute atomic E-state index is 0.0847. The quantitative estimate of drug-likeness (QED) is 0.214. The van der Waals surface area contributed by atoms with Crippen LogP contribution in [0.25, 0.3) is 10.8 Å². The number of hydrogen-bond acceptors (Lipinski definition) is 4. The zero-order chi connectivity index (χ0) is 25.4. The zero-order valence-electron chi connectivity index (χ0n) is 20.7. The van der Waals surface area contributed by atoms with E-state index in [0.29, 0.717) is 12.3 Å². The number of benzene rings is 4. The maximum atomic E-state index is 11.2. The number of nitro benzene ring substituents is 1. The lowest BCUT2D eigenvalue weighted by molar-refractivity contribution is -0.384. The number of anilines is 1. The second-order valence-corrected chi connectivity index (χ2v) is 9.55. The van der Waals surface area contributed by atoms with Gasteiger partial charge in [-0.15, -0.1) is 0 Å². The van der Waals surface area contributed by atoms with Crippen LogP contribution in [-0.4, -0.2) is 12.0 Å². The molecule has 0 aromatic heterocycles. The molecule has 4 aromatic carbocycles. The minimum atomic E-state index is -0.507. The third-order valence-electron chi connectivity index (χ3n) is 7.17. The molecule has 0 saturated carbocycles. The Bertz CT molecular complexity index is 1520. The normalized spacial score (nSPS) is 15.4. The van der Waals surface area contributed by atoms with Gasteiger partial charge in [-0.3, -0.25) is 10.1 Å². The van der Waals surface area contributed by atoms with E-state index in [9.17, 15) is 10.1 Å². The number of allylic oxidation sites excluding steroid dienone is 2. The van der Waals surface area contributed by atoms with Crippen molar-refractivity contribution in [1.29, 1.82) is 0 Å². The largest absolute Gasteiger partial charge is 0.439 e. The number of ether oxygens (including phenoxy) is 1. The first-order chi connectivity index (χ1) is 17.3. The van der Waals surface area contributed by atoms with Gasteiger partial charge in [-0.25, -0.2) is 0 Å². The number of nitrogens with zero attached hydrogens (tertiary/aromatic N) is 2. The highest BCUT2D eigenvalue weighted by Crippen LogP contribution is 2.44. The molecule has 0 amide bonds. The summed E-state index contributed by atoms with van der Waals surface area (Å²) in [5.41, 5.74) is 4.85. The molecule has 1 aliphatic heterocycles. The van der Waals surface area contributed by atoms with Crippen molar-refractivity contribution in [1.82, 2.24) is 0 Å². The van der Waals surface area contributed by atoms with Crippen LogP contribution in [0, 0.1) is 17.0 Å². The van der Waals surface area contributed by atoms with Crippen LogP contribution in [0.4, 0.5) is 11.4 Å². The lowest BCUT2D eigenvalue weighted by atomic mass is 9.69. The van der Waals surface area contributed by atoms with Crippen LogP contribution in [0.5, 0.6) is 5.75 Å². The number of aryl methyl sites for hydroxylation is 1. The summed E-state index contributed by atoms with van der Waals surface area (Å²) >= 11 is 0. The third-order valence-corrected chi connectivity index (χ3v) is 7.17. The standard InChI is InChI=1S/C31H28N2O3/c1-21-13-16-24-9-5-6-10-26(24)30(21)31(3,20-23-14-17-25(18-15-23)33(34)35)22(2)19-29-32(4)27-11-7-8-12-28(27)36-29/h5-19H,2,20H2,1,3-4H3/b29-19-. The second kappa shape index (κ2) is 9.00. The Labute approximate surface area is 211 Å². The average Bonchev–Trinajstić information content (AvgIpc) is 3.19.